The standard InChI is InChI=1S/C17H26N6O17P2.2Na/c18-22-19-3-9(26)20-10-13(29)11(27)6(4-24)38-16(10)39-42(34,35)40-41(32,33)36-5-7-12(28)14(30)15(37-7)23-2-1-8(25)21-17(23)31;;/h1-2,6-7,10-16,24,27-30H,3-5H2,(H,20,26)(H,32,33)(H,34,35)(H,21,25,31);;/q;2*+1/p-2/t6-,7-,10-,11-,12-,13-,14-,15-,16-;;/m1../s1. The molecule has 23 nitrogen and oxygen atoms in total. The summed E-state index contributed by atoms with van der Waals surface area (Å²) in [5.74, 6) is -1.11. The third-order valence-electron chi connectivity index (χ3n) is 5.78. The average molecular weight is 692 g/mol. The number of carbonyl (C=O) groups excluding carboxylic acids is 1. The zero-order valence-electron chi connectivity index (χ0n) is 22.8. The van der Waals surface area contributed by atoms with E-state index in [9.17, 15) is 58.8 Å². The zero-order valence-corrected chi connectivity index (χ0v) is 28.6. The van der Waals surface area contributed by atoms with Crippen LogP contribution in [0, 0.1) is 0 Å². The van der Waals surface area contributed by atoms with Gasteiger partial charge in [0.05, 0.1) is 13.2 Å². The van der Waals surface area contributed by atoms with E-state index < -0.39 is 108 Å². The number of aromatic amines is 1. The number of phosphoric ester groups is 2. The van der Waals surface area contributed by atoms with Gasteiger partial charge >= 0.3 is 64.8 Å². The van der Waals surface area contributed by atoms with Crippen LogP contribution in [0.3, 0.4) is 0 Å². The normalized spacial score (nSPS) is 32.6. The average Bonchev–Trinajstić information content (AvgIpc) is 3.18. The fourth-order valence-corrected chi connectivity index (χ4v) is 5.92. The van der Waals surface area contributed by atoms with Gasteiger partial charge in [0.15, 0.2) is 12.5 Å². The molecule has 2 unspecified atom stereocenters. The predicted octanol–water partition coefficient (Wildman–Crippen LogP) is -11.6. The first-order chi connectivity index (χ1) is 19.6. The number of rotatable bonds is 12. The first kappa shape index (κ1) is 41.5. The molecule has 0 spiro atoms. The molecule has 2 fully saturated rings. The number of aromatic nitrogens is 2. The molecule has 0 saturated carbocycles. The van der Waals surface area contributed by atoms with Crippen LogP contribution < -0.4 is 85.5 Å². The van der Waals surface area contributed by atoms with Gasteiger partial charge in [0.25, 0.3) is 21.2 Å². The van der Waals surface area contributed by atoms with Gasteiger partial charge in [0, 0.05) is 17.2 Å². The van der Waals surface area contributed by atoms with Crippen molar-refractivity contribution >= 4 is 21.6 Å². The SMILES string of the molecule is [N-]=[N+]=NCC(=O)N[C@H]1[C@@H](OP(=O)([O-])OP(=O)([O-])OC[C@H]2O[C@@H](n3ccc(=O)[nH]c3=O)[C@H](O)[C@@H]2O)O[C@H](CO)[C@@H](O)[C@@H]1O.[Na+].[Na+]. The second-order valence-corrected chi connectivity index (χ2v) is 11.5. The molecule has 1 aromatic rings. The maximum atomic E-state index is 12.4. The number of hydrogen-bond donors (Lipinski definition) is 7. The number of ether oxygens (including phenoxy) is 2. The van der Waals surface area contributed by atoms with Crippen LogP contribution in [-0.4, -0.2) is 110 Å². The summed E-state index contributed by atoms with van der Waals surface area (Å²) in [7, 11) is -11.9. The topological polar surface area (TPSA) is 360 Å². The van der Waals surface area contributed by atoms with E-state index in [1.165, 1.54) is 0 Å². The van der Waals surface area contributed by atoms with Crippen molar-refractivity contribution in [2.45, 2.75) is 55.2 Å². The minimum Gasteiger partial charge on any atom is -0.756 e. The van der Waals surface area contributed by atoms with E-state index in [4.69, 9.17) is 15.0 Å². The molecule has 2 aliphatic heterocycles. The van der Waals surface area contributed by atoms with Crippen LogP contribution in [0.1, 0.15) is 6.23 Å². The Labute approximate surface area is 289 Å². The van der Waals surface area contributed by atoms with E-state index >= 15 is 0 Å². The summed E-state index contributed by atoms with van der Waals surface area (Å²) in [4.78, 5) is 63.9. The minimum absolute atomic E-state index is 0. The van der Waals surface area contributed by atoms with Gasteiger partial charge in [-0.15, -0.1) is 0 Å². The van der Waals surface area contributed by atoms with Gasteiger partial charge in [-0.2, -0.15) is 0 Å². The van der Waals surface area contributed by atoms with Gasteiger partial charge in [-0.3, -0.25) is 32.8 Å². The van der Waals surface area contributed by atoms with Crippen molar-refractivity contribution in [2.75, 3.05) is 19.8 Å². The Morgan fingerprint density at radius 1 is 1.09 bits per heavy atom. The summed E-state index contributed by atoms with van der Waals surface area (Å²) >= 11 is 0. The fraction of sp³-hybridized carbons (Fsp3) is 0.706. The Balaban J connectivity index is 0.00000484. The maximum Gasteiger partial charge on any atom is 1.00 e. The molecule has 0 aromatic carbocycles. The predicted molar refractivity (Wildman–Crippen MR) is 124 cm³/mol. The number of aliphatic hydroxyl groups excluding tert-OH is 5. The summed E-state index contributed by atoms with van der Waals surface area (Å²) in [6.07, 6.45) is -14.0. The number of nitrogens with zero attached hydrogens (tertiary/aromatic N) is 4. The van der Waals surface area contributed by atoms with E-state index in [1.54, 1.807) is 0 Å². The Bertz CT molecular complexity index is 1400. The van der Waals surface area contributed by atoms with Crippen LogP contribution in [0.5, 0.6) is 0 Å². The number of hydrogen-bond acceptors (Lipinski definition) is 18. The van der Waals surface area contributed by atoms with Gasteiger partial charge in [-0.05, 0) is 5.53 Å². The quantitative estimate of drug-likeness (QED) is 0.0351. The van der Waals surface area contributed by atoms with Gasteiger partial charge in [-0.1, -0.05) is 5.11 Å². The molecule has 1 aromatic heterocycles. The molecule has 7 N–H and O–H groups in total. The van der Waals surface area contributed by atoms with Gasteiger partial charge in [-0.25, -0.2) is 9.11 Å². The van der Waals surface area contributed by atoms with Crippen LogP contribution in [-0.2, 0) is 36.8 Å². The van der Waals surface area contributed by atoms with E-state index in [0.29, 0.717) is 4.57 Å². The van der Waals surface area contributed by atoms with Crippen molar-refractivity contribution in [1.29, 1.82) is 0 Å². The van der Waals surface area contributed by atoms with Crippen molar-refractivity contribution in [3.8, 4) is 0 Å². The molecular formula is C17H24N6Na2O17P2. The molecule has 27 heteroatoms. The summed E-state index contributed by atoms with van der Waals surface area (Å²) < 4.78 is 48.4. The fourth-order valence-electron chi connectivity index (χ4n) is 3.83. The van der Waals surface area contributed by atoms with Crippen LogP contribution in [0.2, 0.25) is 0 Å². The number of H-pyrrole nitrogens is 1. The molecule has 0 radical (unpaired) electrons. The van der Waals surface area contributed by atoms with Gasteiger partial charge < -0.3 is 54.6 Å². The van der Waals surface area contributed by atoms with Crippen molar-refractivity contribution in [3.63, 3.8) is 0 Å². The van der Waals surface area contributed by atoms with E-state index in [2.05, 4.69) is 23.4 Å². The van der Waals surface area contributed by atoms with Crippen LogP contribution >= 0.6 is 15.6 Å². The van der Waals surface area contributed by atoms with Crippen molar-refractivity contribution in [2.24, 2.45) is 5.11 Å². The van der Waals surface area contributed by atoms with E-state index in [1.807, 2.05) is 10.3 Å². The monoisotopic (exact) mass is 692 g/mol. The Hall–Kier alpha value is -0.560. The Morgan fingerprint density at radius 3 is 2.32 bits per heavy atom. The summed E-state index contributed by atoms with van der Waals surface area (Å²) in [6.45, 7) is -3.00. The van der Waals surface area contributed by atoms with E-state index in [-0.39, 0.29) is 59.1 Å². The Kier molecular flexibility index (Phi) is 16.5. The number of nitrogens with one attached hydrogen (secondary N) is 2. The van der Waals surface area contributed by atoms with Crippen molar-refractivity contribution < 1.29 is 131 Å². The molecule has 3 heterocycles. The maximum absolute atomic E-state index is 12.4. The van der Waals surface area contributed by atoms with Crippen molar-refractivity contribution in [3.05, 3.63) is 43.5 Å². The number of amides is 1. The van der Waals surface area contributed by atoms with Crippen LogP contribution in [0.15, 0.2) is 27.0 Å². The molecule has 44 heavy (non-hydrogen) atoms. The molecular weight excluding hydrogens is 668 g/mol. The second-order valence-electron chi connectivity index (χ2n) is 8.63. The molecule has 0 bridgehead atoms. The van der Waals surface area contributed by atoms with E-state index in [0.717, 1.165) is 12.3 Å². The first-order valence-corrected chi connectivity index (χ1v) is 14.4. The molecule has 0 aliphatic carbocycles. The van der Waals surface area contributed by atoms with Gasteiger partial charge in [0.2, 0.25) is 5.91 Å². The van der Waals surface area contributed by atoms with Crippen molar-refractivity contribution in [1.82, 2.24) is 14.9 Å². The summed E-state index contributed by atoms with van der Waals surface area (Å²) in [5.41, 5.74) is 6.49. The first-order valence-electron chi connectivity index (χ1n) is 11.5. The number of phosphoric acid groups is 2. The molecule has 236 valence electrons. The molecule has 3 rings (SSSR count). The van der Waals surface area contributed by atoms with Crippen LogP contribution in [0.4, 0.5) is 0 Å². The number of azide groups is 1. The second kappa shape index (κ2) is 17.6. The smallest absolute Gasteiger partial charge is 0.756 e. The third kappa shape index (κ3) is 10.7. The minimum atomic E-state index is -6.04. The zero-order chi connectivity index (χ0) is 31.4. The van der Waals surface area contributed by atoms with Crippen LogP contribution in [0.25, 0.3) is 10.4 Å². The molecule has 2 saturated heterocycles. The largest absolute Gasteiger partial charge is 1.00 e. The molecule has 1 amide bonds. The molecule has 11 atom stereocenters. The Morgan fingerprint density at radius 2 is 1.73 bits per heavy atom. The van der Waals surface area contributed by atoms with Gasteiger partial charge in [0.1, 0.15) is 49.2 Å². The molecule has 2 aliphatic rings. The number of aliphatic hydroxyl groups is 5. The number of carbonyl (C=O) groups is 1. The summed E-state index contributed by atoms with van der Waals surface area (Å²) in [5, 5.41) is 54.9. The summed E-state index contributed by atoms with van der Waals surface area (Å²) in [6, 6.07) is -1.03. The third-order valence-corrected chi connectivity index (χ3v) is 8.31.